The van der Waals surface area contributed by atoms with E-state index in [0.717, 1.165) is 9.87 Å². The van der Waals surface area contributed by atoms with E-state index < -0.39 is 22.0 Å². The molecule has 0 fully saturated rings. The molecule has 0 amide bonds. The molecule has 1 aromatic carbocycles. The van der Waals surface area contributed by atoms with Gasteiger partial charge in [0, 0.05) is 0 Å². The highest BCUT2D eigenvalue weighted by atomic mass is 32.2. The number of carboxylic acid groups (broad SMARTS) is 1. The van der Waals surface area contributed by atoms with Crippen molar-refractivity contribution in [2.75, 3.05) is 7.11 Å². The topological polar surface area (TPSA) is 115 Å². The van der Waals surface area contributed by atoms with Crippen molar-refractivity contribution in [3.63, 3.8) is 0 Å². The number of methoxy groups -OCH3 is 1. The van der Waals surface area contributed by atoms with E-state index in [1.165, 1.54) is 7.11 Å². The Hall–Kier alpha value is -2.46. The Balaban J connectivity index is 2.16. The number of aryl methyl sites for hydroxylation is 3. The highest BCUT2D eigenvalue weighted by Crippen LogP contribution is 2.34. The van der Waals surface area contributed by atoms with Gasteiger partial charge in [-0.15, -0.1) is 10.2 Å². The number of carboxylic acids is 1. The Bertz CT molecular complexity index is 983. The molecule has 26 heavy (non-hydrogen) atoms. The Morgan fingerprint density at radius 3 is 2.58 bits per heavy atom. The van der Waals surface area contributed by atoms with Crippen molar-refractivity contribution in [3.05, 3.63) is 34.9 Å². The van der Waals surface area contributed by atoms with E-state index in [-0.39, 0.29) is 23.7 Å². The second-order valence-corrected chi connectivity index (χ2v) is 8.12. The van der Waals surface area contributed by atoms with E-state index >= 15 is 0 Å². The molecule has 0 saturated heterocycles. The van der Waals surface area contributed by atoms with Crippen molar-refractivity contribution in [3.8, 4) is 5.75 Å². The summed E-state index contributed by atoms with van der Waals surface area (Å²) >= 11 is 0. The van der Waals surface area contributed by atoms with E-state index in [9.17, 15) is 18.3 Å². The van der Waals surface area contributed by atoms with Crippen LogP contribution in [0.5, 0.6) is 5.75 Å². The van der Waals surface area contributed by atoms with Crippen molar-refractivity contribution in [2.45, 2.75) is 44.8 Å². The Morgan fingerprint density at radius 2 is 1.96 bits per heavy atom. The summed E-state index contributed by atoms with van der Waals surface area (Å²) in [6, 6.07) is 2.08. The standard InChI is InChI=1S/C16H20N4O5S/c1-9-5-10(2)15(13(6-9)25-4)26(23,24)20-8-14-18-17-11(3)19(14)7-12(20)16(21)22/h5-6,12H,7-8H2,1-4H3,(H,21,22). The summed E-state index contributed by atoms with van der Waals surface area (Å²) in [6.07, 6.45) is 0. The highest BCUT2D eigenvalue weighted by Gasteiger charge is 2.42. The fraction of sp³-hybridized carbons (Fsp3) is 0.438. The van der Waals surface area contributed by atoms with Crippen LogP contribution in [0.4, 0.5) is 0 Å². The Labute approximate surface area is 151 Å². The van der Waals surface area contributed by atoms with Gasteiger partial charge in [-0.25, -0.2) is 8.42 Å². The fourth-order valence-corrected chi connectivity index (χ4v) is 5.14. The third kappa shape index (κ3) is 2.84. The van der Waals surface area contributed by atoms with Gasteiger partial charge in [-0.1, -0.05) is 6.07 Å². The molecule has 1 aliphatic rings. The summed E-state index contributed by atoms with van der Waals surface area (Å²) in [5.41, 5.74) is 1.34. The van der Waals surface area contributed by atoms with Crippen LogP contribution in [-0.4, -0.2) is 51.7 Å². The molecule has 10 heteroatoms. The fourth-order valence-electron chi connectivity index (χ4n) is 3.26. The molecular weight excluding hydrogens is 360 g/mol. The van der Waals surface area contributed by atoms with Crippen molar-refractivity contribution in [1.29, 1.82) is 0 Å². The Morgan fingerprint density at radius 1 is 1.27 bits per heavy atom. The number of nitrogens with zero attached hydrogens (tertiary/aromatic N) is 4. The van der Waals surface area contributed by atoms with Gasteiger partial charge in [-0.2, -0.15) is 4.31 Å². The normalized spacial score (nSPS) is 17.8. The molecule has 0 aliphatic carbocycles. The number of rotatable bonds is 4. The van der Waals surface area contributed by atoms with Gasteiger partial charge in [0.15, 0.2) is 0 Å². The largest absolute Gasteiger partial charge is 0.495 e. The van der Waals surface area contributed by atoms with Crippen molar-refractivity contribution in [1.82, 2.24) is 19.1 Å². The predicted octanol–water partition coefficient (Wildman–Crippen LogP) is 0.870. The first kappa shape index (κ1) is 18.3. The van der Waals surface area contributed by atoms with Crippen LogP contribution in [0, 0.1) is 20.8 Å². The molecule has 140 valence electrons. The summed E-state index contributed by atoms with van der Waals surface area (Å²) in [5.74, 6) is -0.0781. The Kier molecular flexibility index (Phi) is 4.49. The maximum atomic E-state index is 13.4. The van der Waals surface area contributed by atoms with Crippen molar-refractivity contribution >= 4 is 16.0 Å². The summed E-state index contributed by atoms with van der Waals surface area (Å²) in [5, 5.41) is 17.5. The van der Waals surface area contributed by atoms with Gasteiger partial charge < -0.3 is 14.4 Å². The molecule has 1 unspecified atom stereocenters. The average Bonchev–Trinajstić information content (AvgIpc) is 2.93. The third-order valence-electron chi connectivity index (χ3n) is 4.47. The van der Waals surface area contributed by atoms with Crippen LogP contribution in [0.1, 0.15) is 22.8 Å². The van der Waals surface area contributed by atoms with Crippen LogP contribution in [0.15, 0.2) is 17.0 Å². The van der Waals surface area contributed by atoms with Gasteiger partial charge in [-0.05, 0) is 38.0 Å². The second kappa shape index (κ2) is 6.36. The van der Waals surface area contributed by atoms with Crippen molar-refractivity contribution < 1.29 is 23.1 Å². The first-order valence-electron chi connectivity index (χ1n) is 7.95. The van der Waals surface area contributed by atoms with Crippen LogP contribution in [-0.2, 0) is 27.9 Å². The van der Waals surface area contributed by atoms with Gasteiger partial charge in [0.25, 0.3) is 0 Å². The molecular formula is C16H20N4O5S. The molecule has 0 bridgehead atoms. The molecule has 2 heterocycles. The van der Waals surface area contributed by atoms with Gasteiger partial charge in [0.2, 0.25) is 10.0 Å². The molecule has 1 aliphatic heterocycles. The summed E-state index contributed by atoms with van der Waals surface area (Å²) in [6.45, 7) is 4.98. The lowest BCUT2D eigenvalue weighted by atomic mass is 10.1. The SMILES string of the molecule is COc1cc(C)cc(C)c1S(=O)(=O)N1Cc2nnc(C)n2CC1C(=O)O. The van der Waals surface area contributed by atoms with E-state index in [1.807, 2.05) is 6.92 Å². The first-order chi connectivity index (χ1) is 12.2. The smallest absolute Gasteiger partial charge is 0.323 e. The summed E-state index contributed by atoms with van der Waals surface area (Å²) in [7, 11) is -2.75. The lowest BCUT2D eigenvalue weighted by molar-refractivity contribution is -0.142. The zero-order valence-electron chi connectivity index (χ0n) is 14.9. The maximum absolute atomic E-state index is 13.4. The molecule has 0 saturated carbocycles. The van der Waals surface area contributed by atoms with Crippen LogP contribution < -0.4 is 4.74 Å². The molecule has 2 aromatic rings. The highest BCUT2D eigenvalue weighted by molar-refractivity contribution is 7.89. The maximum Gasteiger partial charge on any atom is 0.323 e. The number of fused-ring (bicyclic) bond motifs is 1. The minimum atomic E-state index is -4.13. The van der Waals surface area contributed by atoms with Crippen molar-refractivity contribution in [2.24, 2.45) is 0 Å². The summed E-state index contributed by atoms with van der Waals surface area (Å²) < 4.78 is 34.6. The van der Waals surface area contributed by atoms with Crippen LogP contribution in [0.25, 0.3) is 0 Å². The molecule has 1 atom stereocenters. The lowest BCUT2D eigenvalue weighted by Gasteiger charge is -2.33. The number of aliphatic carboxylic acids is 1. The van der Waals surface area contributed by atoms with Crippen LogP contribution in [0.3, 0.4) is 0 Å². The molecule has 3 rings (SSSR count). The number of ether oxygens (including phenoxy) is 1. The number of hydrogen-bond donors (Lipinski definition) is 1. The summed E-state index contributed by atoms with van der Waals surface area (Å²) in [4.78, 5) is 11.8. The average molecular weight is 380 g/mol. The van der Waals surface area contributed by atoms with Gasteiger partial charge >= 0.3 is 5.97 Å². The molecule has 1 N–H and O–H groups in total. The van der Waals surface area contributed by atoms with E-state index in [1.54, 1.807) is 30.5 Å². The van der Waals surface area contributed by atoms with E-state index in [4.69, 9.17) is 4.74 Å². The van der Waals surface area contributed by atoms with Gasteiger partial charge in [-0.3, -0.25) is 4.79 Å². The zero-order valence-corrected chi connectivity index (χ0v) is 15.7. The molecule has 0 radical (unpaired) electrons. The lowest BCUT2D eigenvalue weighted by Crippen LogP contribution is -2.50. The number of benzene rings is 1. The third-order valence-corrected chi connectivity index (χ3v) is 6.51. The minimum Gasteiger partial charge on any atom is -0.495 e. The zero-order chi connectivity index (χ0) is 19.2. The minimum absolute atomic E-state index is 0.0264. The quantitative estimate of drug-likeness (QED) is 0.837. The first-order valence-corrected chi connectivity index (χ1v) is 9.39. The van der Waals surface area contributed by atoms with E-state index in [0.29, 0.717) is 17.2 Å². The van der Waals surface area contributed by atoms with E-state index in [2.05, 4.69) is 10.2 Å². The second-order valence-electron chi connectivity index (χ2n) is 6.29. The number of hydrogen-bond acceptors (Lipinski definition) is 6. The number of aromatic nitrogens is 3. The van der Waals surface area contributed by atoms with Crippen LogP contribution in [0.2, 0.25) is 0 Å². The van der Waals surface area contributed by atoms with Crippen LogP contribution >= 0.6 is 0 Å². The van der Waals surface area contributed by atoms with Gasteiger partial charge in [0.1, 0.15) is 28.3 Å². The molecule has 0 spiro atoms. The number of carbonyl (C=O) groups is 1. The molecule has 1 aromatic heterocycles. The predicted molar refractivity (Wildman–Crippen MR) is 91.4 cm³/mol. The number of sulfonamides is 1. The van der Waals surface area contributed by atoms with Gasteiger partial charge in [0.05, 0.1) is 20.2 Å². The molecule has 9 nitrogen and oxygen atoms in total. The monoisotopic (exact) mass is 380 g/mol.